The van der Waals surface area contributed by atoms with Crippen LogP contribution < -0.4 is 5.32 Å². The molecule has 2 aliphatic heterocycles. The SMILES string of the molecule is CC(C)CN(CC(C)C)C(=O)C1CC2CCC1N2. The van der Waals surface area contributed by atoms with Crippen LogP contribution in [0.2, 0.25) is 0 Å². The van der Waals surface area contributed by atoms with Gasteiger partial charge >= 0.3 is 0 Å². The number of rotatable bonds is 5. The van der Waals surface area contributed by atoms with Crippen molar-refractivity contribution >= 4 is 5.91 Å². The zero-order valence-electron chi connectivity index (χ0n) is 12.3. The molecule has 1 N–H and O–H groups in total. The van der Waals surface area contributed by atoms with Crippen molar-refractivity contribution in [2.75, 3.05) is 13.1 Å². The minimum Gasteiger partial charge on any atom is -0.342 e. The lowest BCUT2D eigenvalue weighted by Gasteiger charge is -2.31. The molecule has 0 saturated carbocycles. The molecule has 0 aliphatic carbocycles. The number of nitrogens with one attached hydrogen (secondary N) is 1. The fourth-order valence-corrected chi connectivity index (χ4v) is 3.47. The lowest BCUT2D eigenvalue weighted by Crippen LogP contribution is -2.44. The molecule has 3 nitrogen and oxygen atoms in total. The van der Waals surface area contributed by atoms with Crippen LogP contribution >= 0.6 is 0 Å². The van der Waals surface area contributed by atoms with E-state index in [1.54, 1.807) is 0 Å². The highest BCUT2D eigenvalue weighted by molar-refractivity contribution is 5.80. The third-order valence-electron chi connectivity index (χ3n) is 4.10. The maximum atomic E-state index is 12.7. The summed E-state index contributed by atoms with van der Waals surface area (Å²) in [6.07, 6.45) is 3.53. The van der Waals surface area contributed by atoms with E-state index < -0.39 is 0 Å². The summed E-state index contributed by atoms with van der Waals surface area (Å²) < 4.78 is 0. The first-order valence-electron chi connectivity index (χ1n) is 7.52. The molecule has 104 valence electrons. The van der Waals surface area contributed by atoms with Gasteiger partial charge < -0.3 is 10.2 Å². The number of nitrogens with zero attached hydrogens (tertiary/aromatic N) is 1. The molecule has 0 aromatic rings. The van der Waals surface area contributed by atoms with E-state index in [1.165, 1.54) is 12.8 Å². The monoisotopic (exact) mass is 252 g/mol. The Morgan fingerprint density at radius 3 is 2.17 bits per heavy atom. The largest absolute Gasteiger partial charge is 0.342 e. The molecule has 0 aromatic carbocycles. The summed E-state index contributed by atoms with van der Waals surface area (Å²) in [6.45, 7) is 10.6. The summed E-state index contributed by atoms with van der Waals surface area (Å²) in [5.41, 5.74) is 0. The van der Waals surface area contributed by atoms with E-state index in [4.69, 9.17) is 0 Å². The molecule has 2 saturated heterocycles. The lowest BCUT2D eigenvalue weighted by atomic mass is 9.88. The maximum Gasteiger partial charge on any atom is 0.227 e. The molecule has 3 unspecified atom stereocenters. The van der Waals surface area contributed by atoms with Gasteiger partial charge in [-0.25, -0.2) is 0 Å². The van der Waals surface area contributed by atoms with Gasteiger partial charge in [0.15, 0.2) is 0 Å². The fraction of sp³-hybridized carbons (Fsp3) is 0.933. The van der Waals surface area contributed by atoms with Crippen molar-refractivity contribution in [3.05, 3.63) is 0 Å². The molecule has 3 heteroatoms. The Bertz CT molecular complexity index is 291. The Morgan fingerprint density at radius 2 is 1.78 bits per heavy atom. The van der Waals surface area contributed by atoms with Gasteiger partial charge in [-0.1, -0.05) is 27.7 Å². The van der Waals surface area contributed by atoms with E-state index in [-0.39, 0.29) is 5.92 Å². The number of carbonyl (C=O) groups excluding carboxylic acids is 1. The minimum atomic E-state index is 0.251. The Kier molecular flexibility index (Phi) is 4.31. The Balaban J connectivity index is 1.98. The Morgan fingerprint density at radius 1 is 1.17 bits per heavy atom. The summed E-state index contributed by atoms with van der Waals surface area (Å²) in [7, 11) is 0. The first kappa shape index (κ1) is 13.9. The summed E-state index contributed by atoms with van der Waals surface area (Å²) in [5, 5.41) is 3.57. The van der Waals surface area contributed by atoms with Gasteiger partial charge in [0.25, 0.3) is 0 Å². The molecule has 0 aromatic heterocycles. The molecule has 2 heterocycles. The van der Waals surface area contributed by atoms with Crippen molar-refractivity contribution in [2.24, 2.45) is 17.8 Å². The van der Waals surface area contributed by atoms with E-state index in [2.05, 4.69) is 37.9 Å². The second-order valence-corrected chi connectivity index (χ2v) is 6.92. The van der Waals surface area contributed by atoms with E-state index in [1.807, 2.05) is 0 Å². The number of carbonyl (C=O) groups is 1. The zero-order chi connectivity index (χ0) is 13.3. The number of amides is 1. The second kappa shape index (κ2) is 5.60. The van der Waals surface area contributed by atoms with Gasteiger partial charge in [-0.15, -0.1) is 0 Å². The predicted molar refractivity (Wildman–Crippen MR) is 74.3 cm³/mol. The second-order valence-electron chi connectivity index (χ2n) is 6.92. The molecule has 2 bridgehead atoms. The zero-order valence-corrected chi connectivity index (χ0v) is 12.3. The van der Waals surface area contributed by atoms with Crippen LogP contribution in [0, 0.1) is 17.8 Å². The van der Waals surface area contributed by atoms with Crippen LogP contribution in [-0.4, -0.2) is 36.0 Å². The molecule has 2 rings (SSSR count). The van der Waals surface area contributed by atoms with Crippen molar-refractivity contribution in [2.45, 2.75) is 59.0 Å². The molecule has 1 amide bonds. The molecular formula is C15H28N2O. The first-order chi connectivity index (χ1) is 8.47. The normalized spacial score (nSPS) is 30.4. The molecule has 0 radical (unpaired) electrons. The van der Waals surface area contributed by atoms with Gasteiger partial charge in [0.1, 0.15) is 0 Å². The van der Waals surface area contributed by atoms with Crippen LogP contribution in [0.4, 0.5) is 0 Å². The Labute approximate surface area is 111 Å². The average Bonchev–Trinajstić information content (AvgIpc) is 2.87. The third kappa shape index (κ3) is 3.05. The van der Waals surface area contributed by atoms with Gasteiger partial charge in [-0.05, 0) is 31.1 Å². The quantitative estimate of drug-likeness (QED) is 0.814. The molecule has 18 heavy (non-hydrogen) atoms. The number of hydrogen-bond donors (Lipinski definition) is 1. The smallest absolute Gasteiger partial charge is 0.227 e. The van der Waals surface area contributed by atoms with Gasteiger partial charge in [-0.3, -0.25) is 4.79 Å². The molecule has 3 atom stereocenters. The number of fused-ring (bicyclic) bond motifs is 2. The van der Waals surface area contributed by atoms with Crippen molar-refractivity contribution in [1.82, 2.24) is 10.2 Å². The standard InChI is InChI=1S/C15H28N2O/c1-10(2)8-17(9-11(3)4)15(18)13-7-12-5-6-14(13)16-12/h10-14,16H,5-9H2,1-4H3. The van der Waals surface area contributed by atoms with E-state index in [0.717, 1.165) is 19.5 Å². The maximum absolute atomic E-state index is 12.7. The van der Waals surface area contributed by atoms with Gasteiger partial charge in [0.2, 0.25) is 5.91 Å². The highest BCUT2D eigenvalue weighted by Crippen LogP contribution is 2.34. The Hall–Kier alpha value is -0.570. The van der Waals surface area contributed by atoms with Crippen molar-refractivity contribution < 1.29 is 4.79 Å². The third-order valence-corrected chi connectivity index (χ3v) is 4.10. The van der Waals surface area contributed by atoms with Gasteiger partial charge in [0, 0.05) is 25.2 Å². The molecular weight excluding hydrogens is 224 g/mol. The van der Waals surface area contributed by atoms with Crippen LogP contribution in [0.1, 0.15) is 47.0 Å². The highest BCUT2D eigenvalue weighted by atomic mass is 16.2. The molecule has 0 spiro atoms. The average molecular weight is 252 g/mol. The lowest BCUT2D eigenvalue weighted by molar-refractivity contribution is -0.137. The van der Waals surface area contributed by atoms with Crippen LogP contribution in [0.5, 0.6) is 0 Å². The van der Waals surface area contributed by atoms with Crippen molar-refractivity contribution in [3.63, 3.8) is 0 Å². The van der Waals surface area contributed by atoms with Crippen LogP contribution in [0.25, 0.3) is 0 Å². The van der Waals surface area contributed by atoms with E-state index in [9.17, 15) is 4.79 Å². The van der Waals surface area contributed by atoms with Crippen molar-refractivity contribution in [3.8, 4) is 0 Å². The summed E-state index contributed by atoms with van der Waals surface area (Å²) >= 11 is 0. The highest BCUT2D eigenvalue weighted by Gasteiger charge is 2.44. The van der Waals surface area contributed by atoms with Gasteiger partial charge in [0.05, 0.1) is 5.92 Å². The van der Waals surface area contributed by atoms with E-state index in [0.29, 0.717) is 29.8 Å². The van der Waals surface area contributed by atoms with Crippen LogP contribution in [0.3, 0.4) is 0 Å². The minimum absolute atomic E-state index is 0.251. The van der Waals surface area contributed by atoms with Crippen molar-refractivity contribution in [1.29, 1.82) is 0 Å². The predicted octanol–water partition coefficient (Wildman–Crippen LogP) is 2.27. The molecule has 2 fully saturated rings. The fourth-order valence-electron chi connectivity index (χ4n) is 3.47. The van der Waals surface area contributed by atoms with E-state index >= 15 is 0 Å². The van der Waals surface area contributed by atoms with Gasteiger partial charge in [-0.2, -0.15) is 0 Å². The first-order valence-corrected chi connectivity index (χ1v) is 7.52. The molecule has 2 aliphatic rings. The van der Waals surface area contributed by atoms with Crippen LogP contribution in [0.15, 0.2) is 0 Å². The number of hydrogen-bond acceptors (Lipinski definition) is 2. The summed E-state index contributed by atoms with van der Waals surface area (Å²) in [5.74, 6) is 1.76. The topological polar surface area (TPSA) is 32.3 Å². The summed E-state index contributed by atoms with van der Waals surface area (Å²) in [4.78, 5) is 14.8. The summed E-state index contributed by atoms with van der Waals surface area (Å²) in [6, 6.07) is 1.08. The van der Waals surface area contributed by atoms with Crippen LogP contribution in [-0.2, 0) is 4.79 Å².